The molecule has 3 N–H and O–H groups in total. The highest BCUT2D eigenvalue weighted by Gasteiger charge is 2.12. The van der Waals surface area contributed by atoms with Crippen LogP contribution < -0.4 is 11.1 Å². The zero-order valence-electron chi connectivity index (χ0n) is 10.4. The Morgan fingerprint density at radius 1 is 1.11 bits per heavy atom. The average molecular weight is 255 g/mol. The molecule has 96 valence electrons. The Kier molecular flexibility index (Phi) is 3.56. The molecule has 0 bridgehead atoms. The van der Waals surface area contributed by atoms with E-state index in [4.69, 9.17) is 5.73 Å². The van der Waals surface area contributed by atoms with E-state index in [0.717, 1.165) is 5.69 Å². The minimum absolute atomic E-state index is 0.267. The van der Waals surface area contributed by atoms with E-state index in [1.807, 2.05) is 0 Å². The Balaban J connectivity index is 2.27. The summed E-state index contributed by atoms with van der Waals surface area (Å²) in [5.41, 5.74) is 6.93. The fourth-order valence-corrected chi connectivity index (χ4v) is 1.66. The highest BCUT2D eigenvalue weighted by molar-refractivity contribution is 6.07. The van der Waals surface area contributed by atoms with E-state index < -0.39 is 5.91 Å². The monoisotopic (exact) mass is 255 g/mol. The van der Waals surface area contributed by atoms with Crippen molar-refractivity contribution >= 4 is 17.5 Å². The highest BCUT2D eigenvalue weighted by atomic mass is 16.2. The number of rotatable bonds is 3. The van der Waals surface area contributed by atoms with Gasteiger partial charge in [-0.25, -0.2) is 4.98 Å². The second-order valence-corrected chi connectivity index (χ2v) is 4.03. The molecule has 0 saturated carbocycles. The number of nitrogens with two attached hydrogens (primary N) is 1. The van der Waals surface area contributed by atoms with Crippen LogP contribution in [0.15, 0.2) is 42.5 Å². The van der Waals surface area contributed by atoms with Crippen LogP contribution in [0, 0.1) is 6.92 Å². The standard InChI is InChI=1S/C14H13N3O2/c1-9-5-4-8-12(16-9)14(19)17-11-7-3-2-6-10(11)13(15)18/h2-8H,1H3,(H2,15,18)(H,17,19). The maximum Gasteiger partial charge on any atom is 0.274 e. The Morgan fingerprint density at radius 2 is 1.84 bits per heavy atom. The van der Waals surface area contributed by atoms with Crippen molar-refractivity contribution in [3.63, 3.8) is 0 Å². The maximum atomic E-state index is 12.0. The van der Waals surface area contributed by atoms with Crippen molar-refractivity contribution < 1.29 is 9.59 Å². The van der Waals surface area contributed by atoms with Gasteiger partial charge in [0.05, 0.1) is 11.3 Å². The molecule has 0 fully saturated rings. The molecule has 2 aromatic rings. The lowest BCUT2D eigenvalue weighted by molar-refractivity contribution is 0.100. The third-order valence-corrected chi connectivity index (χ3v) is 2.56. The lowest BCUT2D eigenvalue weighted by Crippen LogP contribution is -2.19. The number of nitrogens with one attached hydrogen (secondary N) is 1. The van der Waals surface area contributed by atoms with Crippen molar-refractivity contribution in [1.82, 2.24) is 4.98 Å². The second-order valence-electron chi connectivity index (χ2n) is 4.03. The smallest absolute Gasteiger partial charge is 0.274 e. The molecule has 0 saturated heterocycles. The first-order valence-electron chi connectivity index (χ1n) is 5.72. The molecular formula is C14H13N3O2. The molecule has 2 rings (SSSR count). The predicted octanol–water partition coefficient (Wildman–Crippen LogP) is 1.74. The van der Waals surface area contributed by atoms with Gasteiger partial charge in [0.15, 0.2) is 0 Å². The number of nitrogens with zero attached hydrogens (tertiary/aromatic N) is 1. The van der Waals surface area contributed by atoms with Crippen LogP contribution in [0.2, 0.25) is 0 Å². The third kappa shape index (κ3) is 2.95. The molecule has 19 heavy (non-hydrogen) atoms. The molecule has 1 aromatic heterocycles. The largest absolute Gasteiger partial charge is 0.366 e. The van der Waals surface area contributed by atoms with Gasteiger partial charge >= 0.3 is 0 Å². The molecule has 0 radical (unpaired) electrons. The van der Waals surface area contributed by atoms with Crippen LogP contribution >= 0.6 is 0 Å². The van der Waals surface area contributed by atoms with Crippen LogP contribution in [0.3, 0.4) is 0 Å². The summed E-state index contributed by atoms with van der Waals surface area (Å²) < 4.78 is 0. The molecule has 0 unspecified atom stereocenters. The Bertz CT molecular complexity index is 638. The molecule has 1 aromatic carbocycles. The van der Waals surface area contributed by atoms with Crippen LogP contribution in [0.1, 0.15) is 26.5 Å². The molecule has 1 heterocycles. The number of aryl methyl sites for hydroxylation is 1. The van der Waals surface area contributed by atoms with E-state index in [2.05, 4.69) is 10.3 Å². The van der Waals surface area contributed by atoms with E-state index in [9.17, 15) is 9.59 Å². The van der Waals surface area contributed by atoms with E-state index in [1.165, 1.54) is 0 Å². The summed E-state index contributed by atoms with van der Waals surface area (Å²) in [6.07, 6.45) is 0. The number of para-hydroxylation sites is 1. The molecule has 0 aliphatic heterocycles. The van der Waals surface area contributed by atoms with Crippen LogP contribution in [0.4, 0.5) is 5.69 Å². The fraction of sp³-hybridized carbons (Fsp3) is 0.0714. The van der Waals surface area contributed by atoms with Gasteiger partial charge in [-0.1, -0.05) is 18.2 Å². The summed E-state index contributed by atoms with van der Waals surface area (Å²) in [6.45, 7) is 1.80. The van der Waals surface area contributed by atoms with Gasteiger partial charge in [0, 0.05) is 5.69 Å². The third-order valence-electron chi connectivity index (χ3n) is 2.56. The maximum absolute atomic E-state index is 12.0. The normalized spacial score (nSPS) is 9.95. The van der Waals surface area contributed by atoms with Crippen molar-refractivity contribution in [2.45, 2.75) is 6.92 Å². The molecule has 2 amide bonds. The van der Waals surface area contributed by atoms with E-state index in [-0.39, 0.29) is 11.5 Å². The number of amides is 2. The Labute approximate surface area is 110 Å². The first kappa shape index (κ1) is 12.8. The van der Waals surface area contributed by atoms with Gasteiger partial charge in [-0.15, -0.1) is 0 Å². The Morgan fingerprint density at radius 3 is 2.53 bits per heavy atom. The first-order valence-corrected chi connectivity index (χ1v) is 5.72. The summed E-state index contributed by atoms with van der Waals surface area (Å²) in [4.78, 5) is 27.4. The predicted molar refractivity (Wildman–Crippen MR) is 71.9 cm³/mol. The average Bonchev–Trinajstić information content (AvgIpc) is 2.39. The number of hydrogen-bond donors (Lipinski definition) is 2. The number of aromatic nitrogens is 1. The lowest BCUT2D eigenvalue weighted by atomic mass is 10.1. The summed E-state index contributed by atoms with van der Waals surface area (Å²) >= 11 is 0. The SMILES string of the molecule is Cc1cccc(C(=O)Nc2ccccc2C(N)=O)n1. The lowest BCUT2D eigenvalue weighted by Gasteiger charge is -2.08. The van der Waals surface area contributed by atoms with Gasteiger partial charge in [0.25, 0.3) is 11.8 Å². The van der Waals surface area contributed by atoms with Crippen molar-refractivity contribution in [1.29, 1.82) is 0 Å². The number of pyridine rings is 1. The van der Waals surface area contributed by atoms with Crippen molar-refractivity contribution in [2.24, 2.45) is 5.73 Å². The van der Waals surface area contributed by atoms with Gasteiger partial charge in [-0.05, 0) is 31.2 Å². The number of carbonyl (C=O) groups is 2. The highest BCUT2D eigenvalue weighted by Crippen LogP contribution is 2.15. The van der Waals surface area contributed by atoms with Crippen molar-refractivity contribution in [3.8, 4) is 0 Å². The number of benzene rings is 1. The summed E-state index contributed by atoms with van der Waals surface area (Å²) in [7, 11) is 0. The molecule has 5 heteroatoms. The van der Waals surface area contributed by atoms with Crippen LogP contribution in [0.25, 0.3) is 0 Å². The second kappa shape index (κ2) is 5.30. The summed E-state index contributed by atoms with van der Waals surface area (Å²) in [6, 6.07) is 11.7. The van der Waals surface area contributed by atoms with Gasteiger partial charge in [0.2, 0.25) is 0 Å². The minimum atomic E-state index is -0.590. The van der Waals surface area contributed by atoms with E-state index >= 15 is 0 Å². The molecule has 5 nitrogen and oxygen atoms in total. The van der Waals surface area contributed by atoms with E-state index in [1.54, 1.807) is 49.4 Å². The topological polar surface area (TPSA) is 85.1 Å². The zero-order valence-corrected chi connectivity index (χ0v) is 10.4. The van der Waals surface area contributed by atoms with Gasteiger partial charge in [-0.2, -0.15) is 0 Å². The van der Waals surface area contributed by atoms with Gasteiger partial charge in [0.1, 0.15) is 5.69 Å². The van der Waals surface area contributed by atoms with E-state index in [0.29, 0.717) is 11.4 Å². The number of carbonyl (C=O) groups excluding carboxylic acids is 2. The van der Waals surface area contributed by atoms with Crippen LogP contribution in [-0.2, 0) is 0 Å². The Hall–Kier alpha value is -2.69. The van der Waals surface area contributed by atoms with Gasteiger partial charge < -0.3 is 11.1 Å². The number of anilines is 1. The molecular weight excluding hydrogens is 242 g/mol. The molecule has 0 spiro atoms. The fourth-order valence-electron chi connectivity index (χ4n) is 1.66. The van der Waals surface area contributed by atoms with Crippen molar-refractivity contribution in [2.75, 3.05) is 5.32 Å². The summed E-state index contributed by atoms with van der Waals surface area (Å²) in [5.74, 6) is -0.967. The number of hydrogen-bond acceptors (Lipinski definition) is 3. The minimum Gasteiger partial charge on any atom is -0.366 e. The van der Waals surface area contributed by atoms with Crippen LogP contribution in [-0.4, -0.2) is 16.8 Å². The van der Waals surface area contributed by atoms with Crippen molar-refractivity contribution in [3.05, 3.63) is 59.4 Å². The quantitative estimate of drug-likeness (QED) is 0.876. The molecule has 0 atom stereocenters. The molecule has 0 aliphatic carbocycles. The molecule has 0 aliphatic rings. The van der Waals surface area contributed by atoms with Gasteiger partial charge in [-0.3, -0.25) is 9.59 Å². The summed E-state index contributed by atoms with van der Waals surface area (Å²) in [5, 5.41) is 2.63. The number of primary amides is 1. The van der Waals surface area contributed by atoms with Crippen LogP contribution in [0.5, 0.6) is 0 Å². The zero-order chi connectivity index (χ0) is 13.8. The first-order chi connectivity index (χ1) is 9.08.